The Hall–Kier alpha value is -3.87. The van der Waals surface area contributed by atoms with Crippen molar-refractivity contribution in [2.75, 3.05) is 18.6 Å². The molecule has 0 aliphatic rings. The molecular formula is C24H25N3O4. The summed E-state index contributed by atoms with van der Waals surface area (Å²) in [5, 5.41) is 14.9. The van der Waals surface area contributed by atoms with Gasteiger partial charge in [0.2, 0.25) is 0 Å². The minimum Gasteiger partial charge on any atom is -0.490 e. The lowest BCUT2D eigenvalue weighted by Gasteiger charge is -2.11. The summed E-state index contributed by atoms with van der Waals surface area (Å²) in [5.74, 6) is 1.54. The van der Waals surface area contributed by atoms with Crippen molar-refractivity contribution in [3.63, 3.8) is 0 Å². The number of rotatable bonds is 10. The highest BCUT2D eigenvalue weighted by molar-refractivity contribution is 5.84. The van der Waals surface area contributed by atoms with Crippen molar-refractivity contribution in [1.82, 2.24) is 0 Å². The topological polar surface area (TPSA) is 86.0 Å². The summed E-state index contributed by atoms with van der Waals surface area (Å²) in [7, 11) is 0. The van der Waals surface area contributed by atoms with Gasteiger partial charge in [0.15, 0.2) is 0 Å². The summed E-state index contributed by atoms with van der Waals surface area (Å²) >= 11 is 0. The van der Waals surface area contributed by atoms with Crippen LogP contribution in [0.5, 0.6) is 11.5 Å². The third-order valence-corrected chi connectivity index (χ3v) is 4.52. The van der Waals surface area contributed by atoms with Crippen molar-refractivity contribution in [2.45, 2.75) is 20.3 Å². The third-order valence-electron chi connectivity index (χ3n) is 4.52. The molecule has 160 valence electrons. The Morgan fingerprint density at radius 2 is 1.77 bits per heavy atom. The lowest BCUT2D eigenvalue weighted by Crippen LogP contribution is -2.10. The molecule has 0 radical (unpaired) electrons. The number of para-hydroxylation sites is 1. The van der Waals surface area contributed by atoms with Gasteiger partial charge in [-0.05, 0) is 60.9 Å². The van der Waals surface area contributed by atoms with E-state index in [2.05, 4.69) is 36.5 Å². The van der Waals surface area contributed by atoms with E-state index in [1.807, 2.05) is 30.3 Å². The molecule has 3 aromatic rings. The second-order valence-corrected chi connectivity index (χ2v) is 6.92. The van der Waals surface area contributed by atoms with Crippen molar-refractivity contribution in [3.8, 4) is 11.5 Å². The fourth-order valence-corrected chi connectivity index (χ4v) is 2.98. The molecule has 0 spiro atoms. The fourth-order valence-electron chi connectivity index (χ4n) is 2.98. The average molecular weight is 419 g/mol. The standard InChI is InChI=1S/C24H25N3O4/c1-3-19-14-18(2)15-23(16-19)30-12-13-31-24-7-5-4-6-20(24)17-25-26-21-8-10-22(11-9-21)27(28)29/h4-11,14-17,26H,3,12-13H2,1-2H3/b25-17-. The van der Waals surface area contributed by atoms with E-state index in [1.165, 1.54) is 23.3 Å². The van der Waals surface area contributed by atoms with Gasteiger partial charge in [-0.1, -0.05) is 25.1 Å². The molecule has 0 saturated carbocycles. The summed E-state index contributed by atoms with van der Waals surface area (Å²) in [5.41, 5.74) is 6.78. The van der Waals surface area contributed by atoms with Gasteiger partial charge in [0, 0.05) is 17.7 Å². The Balaban J connectivity index is 1.53. The van der Waals surface area contributed by atoms with Crippen molar-refractivity contribution < 1.29 is 14.4 Å². The van der Waals surface area contributed by atoms with Crippen LogP contribution in [0.2, 0.25) is 0 Å². The first-order valence-corrected chi connectivity index (χ1v) is 10.0. The number of hydrazone groups is 1. The summed E-state index contributed by atoms with van der Waals surface area (Å²) in [6.07, 6.45) is 2.61. The maximum atomic E-state index is 10.7. The summed E-state index contributed by atoms with van der Waals surface area (Å²) in [6, 6.07) is 19.8. The van der Waals surface area contributed by atoms with Crippen LogP contribution in [0.15, 0.2) is 71.8 Å². The van der Waals surface area contributed by atoms with Gasteiger partial charge in [-0.25, -0.2) is 0 Å². The molecule has 1 N–H and O–H groups in total. The first-order chi connectivity index (χ1) is 15.0. The quantitative estimate of drug-likeness (QED) is 0.207. The summed E-state index contributed by atoms with van der Waals surface area (Å²) in [4.78, 5) is 10.3. The molecule has 3 aromatic carbocycles. The molecule has 0 amide bonds. The van der Waals surface area contributed by atoms with Crippen molar-refractivity contribution in [1.29, 1.82) is 0 Å². The number of benzene rings is 3. The van der Waals surface area contributed by atoms with Gasteiger partial charge >= 0.3 is 0 Å². The van der Waals surface area contributed by atoms with Gasteiger partial charge in [0.1, 0.15) is 24.7 Å². The zero-order valence-corrected chi connectivity index (χ0v) is 17.6. The molecule has 3 rings (SSSR count). The van der Waals surface area contributed by atoms with Gasteiger partial charge in [0.25, 0.3) is 5.69 Å². The van der Waals surface area contributed by atoms with Crippen LogP contribution in [0.4, 0.5) is 11.4 Å². The molecule has 0 fully saturated rings. The molecule has 31 heavy (non-hydrogen) atoms. The Bertz CT molecular complexity index is 1050. The Labute approximate surface area is 181 Å². The predicted octanol–water partition coefficient (Wildman–Crippen LogP) is 5.37. The van der Waals surface area contributed by atoms with Crippen molar-refractivity contribution >= 4 is 17.6 Å². The molecule has 0 saturated heterocycles. The number of nitrogens with one attached hydrogen (secondary N) is 1. The summed E-state index contributed by atoms with van der Waals surface area (Å²) < 4.78 is 11.7. The van der Waals surface area contributed by atoms with Crippen molar-refractivity contribution in [2.24, 2.45) is 5.10 Å². The Kier molecular flexibility index (Phi) is 7.59. The van der Waals surface area contributed by atoms with Crippen LogP contribution in [0, 0.1) is 17.0 Å². The first-order valence-electron chi connectivity index (χ1n) is 10.0. The average Bonchev–Trinajstić information content (AvgIpc) is 2.77. The number of hydrogen-bond donors (Lipinski definition) is 1. The maximum absolute atomic E-state index is 10.7. The van der Waals surface area contributed by atoms with E-state index in [1.54, 1.807) is 18.3 Å². The molecule has 0 aromatic heterocycles. The molecule has 0 heterocycles. The lowest BCUT2D eigenvalue weighted by molar-refractivity contribution is -0.384. The number of aryl methyl sites for hydroxylation is 2. The van der Waals surface area contributed by atoms with Gasteiger partial charge in [-0.3, -0.25) is 15.5 Å². The number of anilines is 1. The van der Waals surface area contributed by atoms with Crippen LogP contribution in [-0.2, 0) is 6.42 Å². The zero-order valence-electron chi connectivity index (χ0n) is 17.6. The number of ether oxygens (including phenoxy) is 2. The van der Waals surface area contributed by atoms with E-state index in [0.717, 1.165) is 17.7 Å². The van der Waals surface area contributed by atoms with Crippen LogP contribution in [0.25, 0.3) is 0 Å². The van der Waals surface area contributed by atoms with Crippen LogP contribution in [0.1, 0.15) is 23.6 Å². The van der Waals surface area contributed by atoms with E-state index < -0.39 is 4.92 Å². The smallest absolute Gasteiger partial charge is 0.269 e. The van der Waals surface area contributed by atoms with Gasteiger partial charge in [-0.15, -0.1) is 0 Å². The molecule has 0 atom stereocenters. The molecule has 0 aliphatic carbocycles. The monoisotopic (exact) mass is 419 g/mol. The highest BCUT2D eigenvalue weighted by atomic mass is 16.6. The van der Waals surface area contributed by atoms with E-state index in [-0.39, 0.29) is 5.69 Å². The molecule has 0 unspecified atom stereocenters. The van der Waals surface area contributed by atoms with Gasteiger partial charge in [-0.2, -0.15) is 5.10 Å². The minimum atomic E-state index is -0.438. The Morgan fingerprint density at radius 1 is 1.03 bits per heavy atom. The third kappa shape index (κ3) is 6.57. The molecule has 7 heteroatoms. The highest BCUT2D eigenvalue weighted by Crippen LogP contribution is 2.19. The molecule has 7 nitrogen and oxygen atoms in total. The van der Waals surface area contributed by atoms with E-state index in [4.69, 9.17) is 9.47 Å². The number of nitro benzene ring substituents is 1. The maximum Gasteiger partial charge on any atom is 0.269 e. The summed E-state index contributed by atoms with van der Waals surface area (Å²) in [6.45, 7) is 5.01. The second-order valence-electron chi connectivity index (χ2n) is 6.92. The molecule has 0 bridgehead atoms. The van der Waals surface area contributed by atoms with Gasteiger partial charge < -0.3 is 9.47 Å². The van der Waals surface area contributed by atoms with E-state index >= 15 is 0 Å². The highest BCUT2D eigenvalue weighted by Gasteiger charge is 2.04. The number of hydrogen-bond acceptors (Lipinski definition) is 6. The fraction of sp³-hybridized carbons (Fsp3) is 0.208. The van der Waals surface area contributed by atoms with Crippen LogP contribution in [-0.4, -0.2) is 24.4 Å². The van der Waals surface area contributed by atoms with Crippen LogP contribution >= 0.6 is 0 Å². The van der Waals surface area contributed by atoms with Crippen LogP contribution in [0.3, 0.4) is 0 Å². The minimum absolute atomic E-state index is 0.0343. The molecule has 0 aliphatic heterocycles. The largest absolute Gasteiger partial charge is 0.490 e. The first kappa shape index (κ1) is 21.8. The lowest BCUT2D eigenvalue weighted by atomic mass is 10.1. The number of nitro groups is 1. The Morgan fingerprint density at radius 3 is 2.52 bits per heavy atom. The second kappa shape index (κ2) is 10.8. The van der Waals surface area contributed by atoms with Crippen LogP contribution < -0.4 is 14.9 Å². The predicted molar refractivity (Wildman–Crippen MR) is 122 cm³/mol. The normalized spacial score (nSPS) is 10.8. The number of non-ortho nitro benzene ring substituents is 1. The van der Waals surface area contributed by atoms with E-state index in [0.29, 0.717) is 24.7 Å². The van der Waals surface area contributed by atoms with E-state index in [9.17, 15) is 10.1 Å². The van der Waals surface area contributed by atoms with Crippen molar-refractivity contribution in [3.05, 3.63) is 93.5 Å². The molecular weight excluding hydrogens is 394 g/mol. The van der Waals surface area contributed by atoms with Gasteiger partial charge in [0.05, 0.1) is 16.8 Å². The SMILES string of the molecule is CCc1cc(C)cc(OCCOc2ccccc2/C=N\Nc2ccc([N+](=O)[O-])cc2)c1. The zero-order chi connectivity index (χ0) is 22.1. The number of nitrogens with zero attached hydrogens (tertiary/aromatic N) is 2.